The van der Waals surface area contributed by atoms with Crippen LogP contribution in [-0.4, -0.2) is 48.2 Å². The molecule has 2 heterocycles. The van der Waals surface area contributed by atoms with Gasteiger partial charge in [0.1, 0.15) is 6.10 Å². The maximum absolute atomic E-state index is 11.9. The highest BCUT2D eigenvalue weighted by molar-refractivity contribution is 7.98. The number of thioether (sulfide) groups is 1. The molecule has 1 aliphatic rings. The van der Waals surface area contributed by atoms with Crippen LogP contribution in [0.3, 0.4) is 0 Å². The minimum atomic E-state index is -3.03. The van der Waals surface area contributed by atoms with Crippen LogP contribution in [0.4, 0.5) is 0 Å². The van der Waals surface area contributed by atoms with Crippen molar-refractivity contribution in [1.82, 2.24) is 9.97 Å². The van der Waals surface area contributed by atoms with E-state index < -0.39 is 15.9 Å². The molecule has 0 N–H and O–H groups in total. The number of carbonyl (C=O) groups excluding carboxylic acids is 1. The Morgan fingerprint density at radius 2 is 1.95 bits per heavy atom. The van der Waals surface area contributed by atoms with Crippen molar-refractivity contribution >= 4 is 27.6 Å². The second-order valence-electron chi connectivity index (χ2n) is 5.37. The molecule has 6 nitrogen and oxygen atoms in total. The normalized spacial score (nSPS) is 20.0. The molecule has 0 bridgehead atoms. The van der Waals surface area contributed by atoms with Gasteiger partial charge in [0, 0.05) is 17.8 Å². The van der Waals surface area contributed by atoms with Gasteiger partial charge in [0.2, 0.25) is 0 Å². The highest BCUT2D eigenvalue weighted by Crippen LogP contribution is 2.19. The van der Waals surface area contributed by atoms with Gasteiger partial charge in [-0.05, 0) is 38.5 Å². The van der Waals surface area contributed by atoms with Crippen LogP contribution < -0.4 is 0 Å². The lowest BCUT2D eigenvalue weighted by Gasteiger charge is -2.12. The predicted molar refractivity (Wildman–Crippen MR) is 84.8 cm³/mol. The molecule has 0 aliphatic carbocycles. The smallest absolute Gasteiger partial charge is 0.306 e. The summed E-state index contributed by atoms with van der Waals surface area (Å²) in [7, 11) is -3.03. The molecule has 0 radical (unpaired) electrons. The van der Waals surface area contributed by atoms with Gasteiger partial charge < -0.3 is 4.74 Å². The molecule has 1 atom stereocenters. The number of nitrogens with zero attached hydrogens (tertiary/aromatic N) is 2. The van der Waals surface area contributed by atoms with E-state index in [4.69, 9.17) is 4.74 Å². The molecule has 0 spiro atoms. The summed E-state index contributed by atoms with van der Waals surface area (Å²) in [5.41, 5.74) is 2.69. The van der Waals surface area contributed by atoms with Crippen molar-refractivity contribution in [2.75, 3.05) is 17.8 Å². The Morgan fingerprint density at radius 1 is 1.32 bits per heavy atom. The van der Waals surface area contributed by atoms with Gasteiger partial charge in [-0.25, -0.2) is 18.4 Å². The van der Waals surface area contributed by atoms with Crippen LogP contribution in [0, 0.1) is 13.8 Å². The molecule has 22 heavy (non-hydrogen) atoms. The van der Waals surface area contributed by atoms with Crippen molar-refractivity contribution in [3.05, 3.63) is 17.0 Å². The molecular formula is C14H20N2O4S2. The highest BCUT2D eigenvalue weighted by atomic mass is 32.2. The number of hydrogen-bond donors (Lipinski definition) is 0. The molecule has 8 heteroatoms. The third-order valence-electron chi connectivity index (χ3n) is 3.65. The van der Waals surface area contributed by atoms with E-state index in [1.807, 2.05) is 20.1 Å². The first-order chi connectivity index (χ1) is 10.3. The first-order valence-electron chi connectivity index (χ1n) is 7.09. The van der Waals surface area contributed by atoms with E-state index in [0.29, 0.717) is 12.8 Å². The average Bonchev–Trinajstić information content (AvgIpc) is 2.76. The molecule has 1 fully saturated rings. The Bertz CT molecular complexity index is 650. The monoisotopic (exact) mass is 344 g/mol. The second-order valence-corrected chi connectivity index (χ2v) is 8.38. The van der Waals surface area contributed by atoms with Gasteiger partial charge in [0.15, 0.2) is 15.0 Å². The van der Waals surface area contributed by atoms with E-state index >= 15 is 0 Å². The number of carbonyl (C=O) groups is 1. The van der Waals surface area contributed by atoms with E-state index in [1.54, 1.807) is 0 Å². The van der Waals surface area contributed by atoms with Crippen molar-refractivity contribution in [2.24, 2.45) is 0 Å². The van der Waals surface area contributed by atoms with Crippen molar-refractivity contribution in [1.29, 1.82) is 0 Å². The zero-order valence-electron chi connectivity index (χ0n) is 13.0. The number of esters is 1. The summed E-state index contributed by atoms with van der Waals surface area (Å²) in [5, 5.41) is 0.720. The van der Waals surface area contributed by atoms with Crippen LogP contribution in [-0.2, 0) is 25.8 Å². The van der Waals surface area contributed by atoms with E-state index in [0.717, 1.165) is 22.1 Å². The van der Waals surface area contributed by atoms with Crippen molar-refractivity contribution in [3.63, 3.8) is 0 Å². The number of sulfone groups is 1. The largest absolute Gasteiger partial charge is 0.461 e. The zero-order chi connectivity index (χ0) is 16.3. The number of aromatic nitrogens is 2. The van der Waals surface area contributed by atoms with Crippen molar-refractivity contribution < 1.29 is 17.9 Å². The van der Waals surface area contributed by atoms with Gasteiger partial charge in [0.05, 0.1) is 11.5 Å². The molecule has 0 amide bonds. The van der Waals surface area contributed by atoms with Crippen LogP contribution in [0.1, 0.15) is 29.8 Å². The van der Waals surface area contributed by atoms with Crippen molar-refractivity contribution in [3.8, 4) is 0 Å². The lowest BCUT2D eigenvalue weighted by Crippen LogP contribution is -2.20. The lowest BCUT2D eigenvalue weighted by atomic mass is 10.1. The van der Waals surface area contributed by atoms with E-state index in [1.165, 1.54) is 11.8 Å². The summed E-state index contributed by atoms with van der Waals surface area (Å²) in [5.74, 6) is -0.315. The Hall–Kier alpha value is -1.15. The van der Waals surface area contributed by atoms with Crippen LogP contribution >= 0.6 is 11.8 Å². The molecular weight excluding hydrogens is 324 g/mol. The standard InChI is InChI=1S/C14H20N2O4S2/c1-9-12(10(2)16-14(15-9)21-3)4-5-13(17)20-11-6-7-22(18,19)8-11/h11H,4-8H2,1-3H3/t11-/m1/s1. The van der Waals surface area contributed by atoms with Crippen molar-refractivity contribution in [2.45, 2.75) is 44.4 Å². The quantitative estimate of drug-likeness (QED) is 0.454. The summed E-state index contributed by atoms with van der Waals surface area (Å²) < 4.78 is 27.9. The maximum Gasteiger partial charge on any atom is 0.306 e. The maximum atomic E-state index is 11.9. The van der Waals surface area contributed by atoms with Crippen LogP contribution in [0.25, 0.3) is 0 Å². The molecule has 1 aromatic rings. The number of hydrogen-bond acceptors (Lipinski definition) is 7. The summed E-state index contributed by atoms with van der Waals surface area (Å²) in [6, 6.07) is 0. The SMILES string of the molecule is CSc1nc(C)c(CCC(=O)O[C@@H]2CCS(=O)(=O)C2)c(C)n1. The molecule has 0 aromatic carbocycles. The number of ether oxygens (including phenoxy) is 1. The summed E-state index contributed by atoms with van der Waals surface area (Å²) >= 11 is 1.48. The minimum Gasteiger partial charge on any atom is -0.461 e. The highest BCUT2D eigenvalue weighted by Gasteiger charge is 2.30. The number of rotatable bonds is 5. The minimum absolute atomic E-state index is 0.0532. The van der Waals surface area contributed by atoms with Crippen LogP contribution in [0.15, 0.2) is 5.16 Å². The average molecular weight is 344 g/mol. The first-order valence-corrected chi connectivity index (χ1v) is 10.1. The zero-order valence-corrected chi connectivity index (χ0v) is 14.6. The molecule has 0 saturated carbocycles. The fourth-order valence-corrected chi connectivity index (χ4v) is 4.53. The Balaban J connectivity index is 1.92. The van der Waals surface area contributed by atoms with E-state index in [-0.39, 0.29) is 23.9 Å². The molecule has 1 aromatic heterocycles. The number of aryl methyl sites for hydroxylation is 2. The van der Waals surface area contributed by atoms with Crippen LogP contribution in [0.2, 0.25) is 0 Å². The third-order valence-corrected chi connectivity index (χ3v) is 5.94. The molecule has 2 rings (SSSR count). The van der Waals surface area contributed by atoms with Gasteiger partial charge in [-0.15, -0.1) is 0 Å². The predicted octanol–water partition coefficient (Wildman–Crippen LogP) is 1.48. The van der Waals surface area contributed by atoms with Gasteiger partial charge in [-0.3, -0.25) is 4.79 Å². The summed E-state index contributed by atoms with van der Waals surface area (Å²) in [6.45, 7) is 3.80. The molecule has 1 saturated heterocycles. The lowest BCUT2D eigenvalue weighted by molar-refractivity contribution is -0.147. The summed E-state index contributed by atoms with van der Waals surface area (Å²) in [4.78, 5) is 20.6. The van der Waals surface area contributed by atoms with Gasteiger partial charge >= 0.3 is 5.97 Å². The van der Waals surface area contributed by atoms with E-state index in [2.05, 4.69) is 9.97 Å². The summed E-state index contributed by atoms with van der Waals surface area (Å²) in [6.07, 6.45) is 2.54. The van der Waals surface area contributed by atoms with Crippen LogP contribution in [0.5, 0.6) is 0 Å². The van der Waals surface area contributed by atoms with Gasteiger partial charge in [0.25, 0.3) is 0 Å². The fraction of sp³-hybridized carbons (Fsp3) is 0.643. The first kappa shape index (κ1) is 17.2. The van der Waals surface area contributed by atoms with Gasteiger partial charge in [-0.2, -0.15) is 0 Å². The fourth-order valence-electron chi connectivity index (χ4n) is 2.49. The van der Waals surface area contributed by atoms with Gasteiger partial charge in [-0.1, -0.05) is 11.8 Å². The molecule has 1 aliphatic heterocycles. The van der Waals surface area contributed by atoms with E-state index in [9.17, 15) is 13.2 Å². The third kappa shape index (κ3) is 4.42. The molecule has 122 valence electrons. The Kier molecular flexibility index (Phi) is 5.44. The Morgan fingerprint density at radius 3 is 2.45 bits per heavy atom. The second kappa shape index (κ2) is 6.95. The molecule has 0 unspecified atom stereocenters. The Labute approximate surface area is 135 Å². The topological polar surface area (TPSA) is 86.2 Å².